The van der Waals surface area contributed by atoms with Crippen LogP contribution >= 0.6 is 0 Å². The Hall–Kier alpha value is 0.0669. The number of halogens is 1. The second-order valence-electron chi connectivity index (χ2n) is 3.25. The van der Waals surface area contributed by atoms with Crippen LogP contribution in [0.25, 0.3) is 0 Å². The van der Waals surface area contributed by atoms with Crippen LogP contribution in [0, 0.1) is 0 Å². The van der Waals surface area contributed by atoms with Gasteiger partial charge in [0.1, 0.15) is 0 Å². The highest BCUT2D eigenvalue weighted by molar-refractivity contribution is 6.65. The fourth-order valence-electron chi connectivity index (χ4n) is 0.945. The molecular formula is C9H23FO2Si. The highest BCUT2D eigenvalue weighted by atomic mass is 28.4. The summed E-state index contributed by atoms with van der Waals surface area (Å²) in [5.41, 5.74) is 0. The number of rotatable bonds is 7. The largest absolute Gasteiger partial charge is 0.398 e. The van der Waals surface area contributed by atoms with Crippen LogP contribution in [-0.2, 0) is 8.85 Å². The molecule has 0 spiro atoms. The third-order valence-corrected chi connectivity index (χ3v) is 5.19. The van der Waals surface area contributed by atoms with Crippen LogP contribution in [0.5, 0.6) is 0 Å². The van der Waals surface area contributed by atoms with Gasteiger partial charge in [-0.2, -0.15) is 0 Å². The molecule has 0 saturated heterocycles. The fraction of sp³-hybridized carbons (Fsp3) is 1.00. The van der Waals surface area contributed by atoms with Crippen molar-refractivity contribution in [3.8, 4) is 0 Å². The molecule has 82 valence electrons. The summed E-state index contributed by atoms with van der Waals surface area (Å²) < 4.78 is 11.1. The van der Waals surface area contributed by atoms with Crippen molar-refractivity contribution in [3.63, 3.8) is 0 Å². The second kappa shape index (κ2) is 8.66. The van der Waals surface area contributed by atoms with Crippen LogP contribution < -0.4 is 0 Å². The van der Waals surface area contributed by atoms with E-state index in [-0.39, 0.29) is 4.70 Å². The molecule has 0 aromatic rings. The standard InChI is InChI=1S/C9H22O2Si.FH/c1-5-7-8-9-11-12(4,6-2)10-3;/h5-9H2,1-4H3;1H. The minimum Gasteiger partial charge on any atom is -0.398 e. The van der Waals surface area contributed by atoms with Gasteiger partial charge in [-0.3, -0.25) is 4.70 Å². The average molecular weight is 210 g/mol. The average Bonchev–Trinajstić information content (AvgIpc) is 2.12. The summed E-state index contributed by atoms with van der Waals surface area (Å²) in [6, 6.07) is 1.04. The van der Waals surface area contributed by atoms with Crippen LogP contribution in [0.4, 0.5) is 4.70 Å². The predicted octanol–water partition coefficient (Wildman–Crippen LogP) is 3.08. The monoisotopic (exact) mass is 210 g/mol. The third-order valence-electron chi connectivity index (χ3n) is 2.23. The molecule has 0 aliphatic heterocycles. The van der Waals surface area contributed by atoms with Gasteiger partial charge in [-0.05, 0) is 19.0 Å². The summed E-state index contributed by atoms with van der Waals surface area (Å²) in [5, 5.41) is 0. The van der Waals surface area contributed by atoms with Gasteiger partial charge in [-0.15, -0.1) is 0 Å². The molecule has 1 unspecified atom stereocenters. The molecule has 0 aromatic carbocycles. The molecule has 1 atom stereocenters. The minimum atomic E-state index is -1.75. The van der Waals surface area contributed by atoms with E-state index in [0.717, 1.165) is 12.7 Å². The Kier molecular flexibility index (Phi) is 10.3. The first-order valence-electron chi connectivity index (χ1n) is 4.87. The predicted molar refractivity (Wildman–Crippen MR) is 57.1 cm³/mol. The maximum atomic E-state index is 5.75. The zero-order valence-electron chi connectivity index (χ0n) is 9.26. The quantitative estimate of drug-likeness (QED) is 0.475. The molecule has 0 aliphatic carbocycles. The number of unbranched alkanes of at least 4 members (excludes halogenated alkanes) is 2. The van der Waals surface area contributed by atoms with Crippen molar-refractivity contribution in [1.29, 1.82) is 0 Å². The Bertz CT molecular complexity index is 108. The first kappa shape index (κ1) is 15.5. The lowest BCUT2D eigenvalue weighted by Gasteiger charge is -2.23. The van der Waals surface area contributed by atoms with Gasteiger partial charge in [-0.25, -0.2) is 0 Å². The van der Waals surface area contributed by atoms with Crippen molar-refractivity contribution in [2.45, 2.75) is 45.7 Å². The lowest BCUT2D eigenvalue weighted by Crippen LogP contribution is -2.36. The summed E-state index contributed by atoms with van der Waals surface area (Å²) >= 11 is 0. The van der Waals surface area contributed by atoms with Crippen molar-refractivity contribution in [2.75, 3.05) is 13.7 Å². The Balaban J connectivity index is 0. The van der Waals surface area contributed by atoms with Gasteiger partial charge >= 0.3 is 8.56 Å². The zero-order valence-corrected chi connectivity index (χ0v) is 10.3. The van der Waals surface area contributed by atoms with Gasteiger partial charge < -0.3 is 8.85 Å². The molecule has 0 aromatic heterocycles. The molecule has 2 nitrogen and oxygen atoms in total. The topological polar surface area (TPSA) is 18.5 Å². The molecule has 0 aliphatic rings. The fourth-order valence-corrected chi connectivity index (χ4v) is 2.13. The molecule has 0 N–H and O–H groups in total. The highest BCUT2D eigenvalue weighted by Gasteiger charge is 2.26. The van der Waals surface area contributed by atoms with Crippen LogP contribution in [0.2, 0.25) is 12.6 Å². The maximum Gasteiger partial charge on any atom is 0.334 e. The SMILES string of the molecule is CCCCCO[Si](C)(CC)OC.F. The van der Waals surface area contributed by atoms with Crippen molar-refractivity contribution >= 4 is 8.56 Å². The van der Waals surface area contributed by atoms with Gasteiger partial charge in [0.05, 0.1) is 0 Å². The van der Waals surface area contributed by atoms with E-state index in [1.165, 1.54) is 19.3 Å². The maximum absolute atomic E-state index is 5.75. The Labute approximate surface area is 82.2 Å². The van der Waals surface area contributed by atoms with Gasteiger partial charge in [0.2, 0.25) is 0 Å². The van der Waals surface area contributed by atoms with Crippen LogP contribution in [-0.4, -0.2) is 22.3 Å². The number of hydrogen-bond donors (Lipinski definition) is 0. The van der Waals surface area contributed by atoms with E-state index in [1.54, 1.807) is 7.11 Å². The molecule has 13 heavy (non-hydrogen) atoms. The summed E-state index contributed by atoms with van der Waals surface area (Å²) in [6.07, 6.45) is 3.68. The van der Waals surface area contributed by atoms with Gasteiger partial charge in [0, 0.05) is 13.7 Å². The molecule has 0 heterocycles. The van der Waals surface area contributed by atoms with Crippen molar-refractivity contribution in [3.05, 3.63) is 0 Å². The Morgan fingerprint density at radius 2 is 1.77 bits per heavy atom. The summed E-state index contributed by atoms with van der Waals surface area (Å²) in [4.78, 5) is 0. The first-order valence-corrected chi connectivity index (χ1v) is 7.40. The lowest BCUT2D eigenvalue weighted by atomic mass is 10.3. The smallest absolute Gasteiger partial charge is 0.334 e. The van der Waals surface area contributed by atoms with E-state index >= 15 is 0 Å². The molecule has 0 bridgehead atoms. The molecule has 0 fully saturated rings. The first-order chi connectivity index (χ1) is 5.68. The van der Waals surface area contributed by atoms with Gasteiger partial charge in [0.15, 0.2) is 0 Å². The van der Waals surface area contributed by atoms with Gasteiger partial charge in [-0.1, -0.05) is 26.7 Å². The van der Waals surface area contributed by atoms with Crippen molar-refractivity contribution < 1.29 is 13.6 Å². The summed E-state index contributed by atoms with van der Waals surface area (Å²) in [6.45, 7) is 7.33. The number of hydrogen-bond acceptors (Lipinski definition) is 2. The molecule has 4 heteroatoms. The molecule has 0 radical (unpaired) electrons. The highest BCUT2D eigenvalue weighted by Crippen LogP contribution is 2.12. The van der Waals surface area contributed by atoms with E-state index in [4.69, 9.17) is 8.85 Å². The van der Waals surface area contributed by atoms with Gasteiger partial charge in [0.25, 0.3) is 0 Å². The van der Waals surface area contributed by atoms with E-state index in [0.29, 0.717) is 0 Å². The normalized spacial score (nSPS) is 14.8. The molecular weight excluding hydrogens is 187 g/mol. The summed E-state index contributed by atoms with van der Waals surface area (Å²) in [7, 11) is 0.0121. The molecule has 0 rings (SSSR count). The van der Waals surface area contributed by atoms with E-state index in [1.807, 2.05) is 0 Å². The Morgan fingerprint density at radius 3 is 2.15 bits per heavy atom. The molecule has 0 amide bonds. The Morgan fingerprint density at radius 1 is 1.15 bits per heavy atom. The van der Waals surface area contributed by atoms with Crippen LogP contribution in [0.15, 0.2) is 0 Å². The van der Waals surface area contributed by atoms with Crippen LogP contribution in [0.1, 0.15) is 33.1 Å². The van der Waals surface area contributed by atoms with E-state index in [9.17, 15) is 0 Å². The minimum absolute atomic E-state index is 0. The van der Waals surface area contributed by atoms with Crippen molar-refractivity contribution in [1.82, 2.24) is 0 Å². The third kappa shape index (κ3) is 7.16. The summed E-state index contributed by atoms with van der Waals surface area (Å²) in [5.74, 6) is 0. The zero-order chi connectivity index (χ0) is 9.45. The lowest BCUT2D eigenvalue weighted by molar-refractivity contribution is 0.201. The van der Waals surface area contributed by atoms with Crippen LogP contribution in [0.3, 0.4) is 0 Å². The van der Waals surface area contributed by atoms with Crippen molar-refractivity contribution in [2.24, 2.45) is 0 Å². The van der Waals surface area contributed by atoms with E-state index in [2.05, 4.69) is 20.4 Å². The van der Waals surface area contributed by atoms with E-state index < -0.39 is 8.56 Å². The second-order valence-corrected chi connectivity index (χ2v) is 6.92. The molecule has 0 saturated carbocycles.